The van der Waals surface area contributed by atoms with Crippen molar-refractivity contribution in [1.82, 2.24) is 20.2 Å². The normalized spacial score (nSPS) is 10.4. The number of aryl methyl sites for hydroxylation is 2. The third-order valence-electron chi connectivity index (χ3n) is 3.02. The van der Waals surface area contributed by atoms with Gasteiger partial charge in [0.2, 0.25) is 0 Å². The lowest BCUT2D eigenvalue weighted by Crippen LogP contribution is -2.11. The van der Waals surface area contributed by atoms with Crippen molar-refractivity contribution in [1.29, 1.82) is 0 Å². The summed E-state index contributed by atoms with van der Waals surface area (Å²) in [6, 6.07) is 7.36. The second-order valence-electron chi connectivity index (χ2n) is 4.59. The molecule has 0 aliphatic heterocycles. The molecular formula is C14H18N4O4. The fourth-order valence-corrected chi connectivity index (χ4v) is 1.87. The van der Waals surface area contributed by atoms with Gasteiger partial charge in [-0.1, -0.05) is 0 Å². The minimum absolute atomic E-state index is 0.000385. The first-order valence-electron chi connectivity index (χ1n) is 6.92. The Balaban J connectivity index is 1.74. The van der Waals surface area contributed by atoms with Gasteiger partial charge in [0.25, 0.3) is 0 Å². The number of hydrogen-bond donors (Lipinski definition) is 1. The van der Waals surface area contributed by atoms with Gasteiger partial charge >= 0.3 is 5.97 Å². The zero-order valence-electron chi connectivity index (χ0n) is 12.3. The minimum atomic E-state index is -0.871. The maximum Gasteiger partial charge on any atom is 0.305 e. The summed E-state index contributed by atoms with van der Waals surface area (Å²) < 4.78 is 12.2. The second kappa shape index (κ2) is 7.96. The third kappa shape index (κ3) is 4.72. The molecule has 0 saturated heterocycles. The summed E-state index contributed by atoms with van der Waals surface area (Å²) >= 11 is 0. The predicted octanol–water partition coefficient (Wildman–Crippen LogP) is 1.17. The van der Waals surface area contributed by atoms with Gasteiger partial charge in [0.1, 0.15) is 11.5 Å². The number of ether oxygens (including phenoxy) is 2. The van der Waals surface area contributed by atoms with E-state index in [1.807, 2.05) is 24.3 Å². The molecule has 0 aliphatic carbocycles. The Morgan fingerprint density at radius 3 is 2.68 bits per heavy atom. The first-order chi connectivity index (χ1) is 10.7. The van der Waals surface area contributed by atoms with E-state index in [0.29, 0.717) is 18.9 Å². The minimum Gasteiger partial charge on any atom is -0.497 e. The molecular weight excluding hydrogens is 288 g/mol. The van der Waals surface area contributed by atoms with Gasteiger partial charge in [-0.2, -0.15) is 0 Å². The van der Waals surface area contributed by atoms with Crippen LogP contribution < -0.4 is 9.47 Å². The van der Waals surface area contributed by atoms with Gasteiger partial charge in [0.05, 0.1) is 26.7 Å². The zero-order valence-corrected chi connectivity index (χ0v) is 12.3. The number of benzene rings is 1. The Labute approximate surface area is 127 Å². The number of tetrazole rings is 1. The number of carboxylic acid groups (broad SMARTS) is 1. The number of carbonyl (C=O) groups is 1. The average Bonchev–Trinajstić information content (AvgIpc) is 2.97. The number of hydrogen-bond acceptors (Lipinski definition) is 6. The summed E-state index contributed by atoms with van der Waals surface area (Å²) in [4.78, 5) is 10.6. The quantitative estimate of drug-likeness (QED) is 0.694. The second-order valence-corrected chi connectivity index (χ2v) is 4.59. The molecule has 118 valence electrons. The Kier molecular flexibility index (Phi) is 5.70. The molecule has 1 aromatic carbocycles. The standard InChI is InChI=1S/C14H18N4O4/c1-21-11-4-6-12(7-5-11)22-10-2-3-13-15-16-17-18(13)9-8-14(19)20/h4-7H,2-3,8-10H2,1H3,(H,19,20). The van der Waals surface area contributed by atoms with Gasteiger partial charge in [-0.25, -0.2) is 4.68 Å². The first-order valence-corrected chi connectivity index (χ1v) is 6.92. The molecule has 1 aromatic heterocycles. The number of nitrogens with zero attached hydrogens (tertiary/aromatic N) is 4. The molecule has 0 unspecified atom stereocenters. The highest BCUT2D eigenvalue weighted by molar-refractivity contribution is 5.66. The number of carboxylic acids is 1. The molecule has 2 rings (SSSR count). The summed E-state index contributed by atoms with van der Waals surface area (Å²) in [5, 5.41) is 19.9. The SMILES string of the molecule is COc1ccc(OCCCc2nnnn2CCC(=O)O)cc1. The van der Waals surface area contributed by atoms with Crippen molar-refractivity contribution in [3.8, 4) is 11.5 Å². The Morgan fingerprint density at radius 2 is 2.00 bits per heavy atom. The fraction of sp³-hybridized carbons (Fsp3) is 0.429. The topological polar surface area (TPSA) is 99.4 Å². The average molecular weight is 306 g/mol. The first kappa shape index (κ1) is 15.7. The highest BCUT2D eigenvalue weighted by atomic mass is 16.5. The molecule has 0 amide bonds. The highest BCUT2D eigenvalue weighted by Crippen LogP contribution is 2.17. The molecule has 8 heteroatoms. The molecule has 0 aliphatic rings. The molecule has 0 saturated carbocycles. The van der Waals surface area contributed by atoms with Gasteiger partial charge in [-0.05, 0) is 41.1 Å². The van der Waals surface area contributed by atoms with Gasteiger partial charge < -0.3 is 14.6 Å². The van der Waals surface area contributed by atoms with E-state index in [1.165, 1.54) is 4.68 Å². The van der Waals surface area contributed by atoms with Crippen molar-refractivity contribution in [2.24, 2.45) is 0 Å². The summed E-state index contributed by atoms with van der Waals surface area (Å²) in [6.45, 7) is 0.801. The van der Waals surface area contributed by atoms with Gasteiger partial charge in [0, 0.05) is 6.42 Å². The molecule has 0 bridgehead atoms. The van der Waals surface area contributed by atoms with Crippen LogP contribution >= 0.6 is 0 Å². The Bertz CT molecular complexity index is 597. The molecule has 0 atom stereocenters. The van der Waals surface area contributed by atoms with E-state index in [9.17, 15) is 4.79 Å². The lowest BCUT2D eigenvalue weighted by atomic mass is 10.3. The van der Waals surface area contributed by atoms with Crippen LogP contribution in [0.4, 0.5) is 0 Å². The fourth-order valence-electron chi connectivity index (χ4n) is 1.87. The number of methoxy groups -OCH3 is 1. The van der Waals surface area contributed by atoms with Crippen LogP contribution in [0.1, 0.15) is 18.7 Å². The lowest BCUT2D eigenvalue weighted by Gasteiger charge is -2.07. The van der Waals surface area contributed by atoms with E-state index in [-0.39, 0.29) is 13.0 Å². The van der Waals surface area contributed by atoms with Crippen molar-refractivity contribution in [2.75, 3.05) is 13.7 Å². The van der Waals surface area contributed by atoms with Crippen LogP contribution in [-0.2, 0) is 17.8 Å². The number of rotatable bonds is 9. The Morgan fingerprint density at radius 1 is 1.27 bits per heavy atom. The van der Waals surface area contributed by atoms with Crippen molar-refractivity contribution in [3.05, 3.63) is 30.1 Å². The summed E-state index contributed by atoms with van der Waals surface area (Å²) in [5.74, 6) is 1.35. The van der Waals surface area contributed by atoms with Gasteiger partial charge in [-0.3, -0.25) is 4.79 Å². The van der Waals surface area contributed by atoms with Crippen LogP contribution in [0.3, 0.4) is 0 Å². The Hall–Kier alpha value is -2.64. The monoisotopic (exact) mass is 306 g/mol. The van der Waals surface area contributed by atoms with Crippen molar-refractivity contribution < 1.29 is 19.4 Å². The van der Waals surface area contributed by atoms with E-state index in [1.54, 1.807) is 7.11 Å². The van der Waals surface area contributed by atoms with E-state index in [2.05, 4.69) is 15.5 Å². The van der Waals surface area contributed by atoms with Crippen LogP contribution in [0.15, 0.2) is 24.3 Å². The zero-order chi connectivity index (χ0) is 15.8. The highest BCUT2D eigenvalue weighted by Gasteiger charge is 2.07. The maximum atomic E-state index is 10.6. The molecule has 2 aromatic rings. The number of aromatic nitrogens is 4. The third-order valence-corrected chi connectivity index (χ3v) is 3.02. The van der Waals surface area contributed by atoms with Crippen molar-refractivity contribution >= 4 is 5.97 Å². The summed E-state index contributed by atoms with van der Waals surface area (Å²) in [5.41, 5.74) is 0. The van der Waals surface area contributed by atoms with Crippen molar-refractivity contribution in [2.45, 2.75) is 25.8 Å². The van der Waals surface area contributed by atoms with Crippen LogP contribution in [-0.4, -0.2) is 45.0 Å². The van der Waals surface area contributed by atoms with Crippen LogP contribution in [0.5, 0.6) is 11.5 Å². The lowest BCUT2D eigenvalue weighted by molar-refractivity contribution is -0.137. The maximum absolute atomic E-state index is 10.6. The van der Waals surface area contributed by atoms with Crippen LogP contribution in [0, 0.1) is 0 Å². The summed E-state index contributed by atoms with van der Waals surface area (Å²) in [7, 11) is 1.62. The summed E-state index contributed by atoms with van der Waals surface area (Å²) in [6.07, 6.45) is 1.36. The van der Waals surface area contributed by atoms with Crippen molar-refractivity contribution in [3.63, 3.8) is 0 Å². The largest absolute Gasteiger partial charge is 0.497 e. The molecule has 0 fully saturated rings. The van der Waals surface area contributed by atoms with E-state index >= 15 is 0 Å². The molecule has 0 spiro atoms. The molecule has 0 radical (unpaired) electrons. The molecule has 8 nitrogen and oxygen atoms in total. The molecule has 22 heavy (non-hydrogen) atoms. The molecule has 1 N–H and O–H groups in total. The predicted molar refractivity (Wildman–Crippen MR) is 76.9 cm³/mol. The van der Waals surface area contributed by atoms with Gasteiger partial charge in [0.15, 0.2) is 5.82 Å². The number of aliphatic carboxylic acids is 1. The molecule has 1 heterocycles. The smallest absolute Gasteiger partial charge is 0.305 e. The van der Waals surface area contributed by atoms with Gasteiger partial charge in [-0.15, -0.1) is 5.10 Å². The van der Waals surface area contributed by atoms with Crippen LogP contribution in [0.25, 0.3) is 0 Å². The van der Waals surface area contributed by atoms with E-state index in [4.69, 9.17) is 14.6 Å². The van der Waals surface area contributed by atoms with E-state index in [0.717, 1.165) is 17.9 Å². The van der Waals surface area contributed by atoms with E-state index < -0.39 is 5.97 Å². The van der Waals surface area contributed by atoms with Crippen LogP contribution in [0.2, 0.25) is 0 Å².